The lowest BCUT2D eigenvalue weighted by Gasteiger charge is -2.28. The van der Waals surface area contributed by atoms with Crippen LogP contribution in [-0.2, 0) is 10.2 Å². The minimum Gasteiger partial charge on any atom is -0.399 e. The number of rotatable bonds is 5. The van der Waals surface area contributed by atoms with Crippen molar-refractivity contribution in [2.24, 2.45) is 5.92 Å². The molecule has 20 heavy (non-hydrogen) atoms. The van der Waals surface area contributed by atoms with Crippen LogP contribution in [0.4, 0.5) is 5.69 Å². The maximum absolute atomic E-state index is 13.1. The molecule has 0 unspecified atom stereocenters. The van der Waals surface area contributed by atoms with Gasteiger partial charge < -0.3 is 10.6 Å². The van der Waals surface area contributed by atoms with E-state index in [4.69, 9.17) is 5.73 Å². The first kappa shape index (κ1) is 12.2. The predicted molar refractivity (Wildman–Crippen MR) is 79.2 cm³/mol. The van der Waals surface area contributed by atoms with Gasteiger partial charge in [-0.25, -0.2) is 0 Å². The van der Waals surface area contributed by atoms with Crippen LogP contribution in [-0.4, -0.2) is 23.4 Å². The minimum absolute atomic E-state index is 0.217. The average molecular weight is 270 g/mol. The fourth-order valence-corrected chi connectivity index (χ4v) is 3.19. The molecule has 0 radical (unpaired) electrons. The molecule has 0 heterocycles. The number of anilines is 1. The maximum atomic E-state index is 13.1. The standard InChI is InChI=1S/C17H22N2O/c18-14-5-3-13(4-6-14)17(9-10-17)16(20)19(15-7-8-15)11-12-1-2-12/h3-6,12,15H,1-2,7-11,18H2. The topological polar surface area (TPSA) is 46.3 Å². The van der Waals surface area contributed by atoms with Crippen molar-refractivity contribution in [3.05, 3.63) is 29.8 Å². The number of carbonyl (C=O) groups excluding carboxylic acids is 1. The molecule has 1 amide bonds. The molecule has 0 aromatic heterocycles. The summed E-state index contributed by atoms with van der Waals surface area (Å²) in [5, 5.41) is 0. The van der Waals surface area contributed by atoms with E-state index in [0.717, 1.165) is 36.6 Å². The Morgan fingerprint density at radius 1 is 1.15 bits per heavy atom. The van der Waals surface area contributed by atoms with Crippen molar-refractivity contribution in [3.63, 3.8) is 0 Å². The lowest BCUT2D eigenvalue weighted by atomic mass is 9.93. The second-order valence-corrected chi connectivity index (χ2v) is 6.84. The van der Waals surface area contributed by atoms with Gasteiger partial charge in [0.15, 0.2) is 0 Å². The van der Waals surface area contributed by atoms with Gasteiger partial charge in [0.2, 0.25) is 5.91 Å². The molecule has 106 valence electrons. The van der Waals surface area contributed by atoms with Crippen LogP contribution in [0.25, 0.3) is 0 Å². The highest BCUT2D eigenvalue weighted by atomic mass is 16.2. The van der Waals surface area contributed by atoms with Crippen LogP contribution in [0.15, 0.2) is 24.3 Å². The molecule has 3 heteroatoms. The van der Waals surface area contributed by atoms with Crippen LogP contribution in [0.3, 0.4) is 0 Å². The zero-order chi connectivity index (χ0) is 13.7. The van der Waals surface area contributed by atoms with Gasteiger partial charge in [-0.15, -0.1) is 0 Å². The third kappa shape index (κ3) is 2.09. The predicted octanol–water partition coefficient (Wildman–Crippen LogP) is 2.70. The molecule has 0 spiro atoms. The minimum atomic E-state index is -0.217. The summed E-state index contributed by atoms with van der Waals surface area (Å²) in [7, 11) is 0. The van der Waals surface area contributed by atoms with Gasteiger partial charge in [-0.2, -0.15) is 0 Å². The van der Waals surface area contributed by atoms with E-state index in [9.17, 15) is 4.79 Å². The number of benzene rings is 1. The van der Waals surface area contributed by atoms with E-state index in [0.29, 0.717) is 11.9 Å². The molecule has 3 fully saturated rings. The van der Waals surface area contributed by atoms with Crippen molar-refractivity contribution in [1.29, 1.82) is 0 Å². The molecular weight excluding hydrogens is 248 g/mol. The molecule has 0 bridgehead atoms. The maximum Gasteiger partial charge on any atom is 0.233 e. The van der Waals surface area contributed by atoms with Crippen LogP contribution < -0.4 is 5.73 Å². The normalized spacial score (nSPS) is 23.4. The van der Waals surface area contributed by atoms with Crippen LogP contribution in [0, 0.1) is 5.92 Å². The summed E-state index contributed by atoms with van der Waals surface area (Å²) >= 11 is 0. The van der Waals surface area contributed by atoms with E-state index < -0.39 is 0 Å². The smallest absolute Gasteiger partial charge is 0.233 e. The summed E-state index contributed by atoms with van der Waals surface area (Å²) in [5.74, 6) is 1.17. The van der Waals surface area contributed by atoms with Crippen LogP contribution in [0.2, 0.25) is 0 Å². The molecular formula is C17H22N2O. The van der Waals surface area contributed by atoms with E-state index >= 15 is 0 Å². The highest BCUT2D eigenvalue weighted by Gasteiger charge is 2.55. The van der Waals surface area contributed by atoms with Crippen LogP contribution in [0.5, 0.6) is 0 Å². The molecule has 0 saturated heterocycles. The Balaban J connectivity index is 1.57. The third-order valence-corrected chi connectivity index (χ3v) is 5.02. The zero-order valence-corrected chi connectivity index (χ0v) is 11.8. The molecule has 1 aromatic carbocycles. The monoisotopic (exact) mass is 270 g/mol. The fourth-order valence-electron chi connectivity index (χ4n) is 3.19. The van der Waals surface area contributed by atoms with Crippen LogP contribution >= 0.6 is 0 Å². The summed E-state index contributed by atoms with van der Waals surface area (Å²) in [4.78, 5) is 15.3. The second kappa shape index (κ2) is 4.24. The quantitative estimate of drug-likeness (QED) is 0.836. The summed E-state index contributed by atoms with van der Waals surface area (Å²) < 4.78 is 0. The van der Waals surface area contributed by atoms with Gasteiger partial charge in [0.1, 0.15) is 0 Å². The number of hydrogen-bond donors (Lipinski definition) is 1. The molecule has 4 rings (SSSR count). The van der Waals surface area contributed by atoms with Crippen molar-refractivity contribution in [3.8, 4) is 0 Å². The fraction of sp³-hybridized carbons (Fsp3) is 0.588. The third-order valence-electron chi connectivity index (χ3n) is 5.02. The number of nitrogens with two attached hydrogens (primary N) is 1. The largest absolute Gasteiger partial charge is 0.399 e. The van der Waals surface area contributed by atoms with Gasteiger partial charge in [-0.1, -0.05) is 12.1 Å². The number of nitrogens with zero attached hydrogens (tertiary/aromatic N) is 1. The highest BCUT2D eigenvalue weighted by Crippen LogP contribution is 2.51. The molecule has 3 aliphatic carbocycles. The summed E-state index contributed by atoms with van der Waals surface area (Å²) in [6.07, 6.45) is 7.04. The molecule has 0 aliphatic heterocycles. The molecule has 3 saturated carbocycles. The van der Waals surface area contributed by atoms with Crippen molar-refractivity contribution >= 4 is 11.6 Å². The number of hydrogen-bond acceptors (Lipinski definition) is 2. The molecule has 1 aromatic rings. The van der Waals surface area contributed by atoms with Crippen molar-refractivity contribution in [2.45, 2.75) is 50.0 Å². The number of amides is 1. The lowest BCUT2D eigenvalue weighted by molar-refractivity contribution is -0.134. The SMILES string of the molecule is Nc1ccc(C2(C(=O)N(CC3CC3)C3CC3)CC2)cc1. The Labute approximate surface area is 120 Å². The van der Waals surface area contributed by atoms with Gasteiger partial charge in [0, 0.05) is 18.3 Å². The molecule has 2 N–H and O–H groups in total. The first-order valence-corrected chi connectivity index (χ1v) is 7.86. The molecule has 3 nitrogen and oxygen atoms in total. The second-order valence-electron chi connectivity index (χ2n) is 6.84. The summed E-state index contributed by atoms with van der Waals surface area (Å²) in [6.45, 7) is 1.00. The van der Waals surface area contributed by atoms with E-state index in [2.05, 4.69) is 4.90 Å². The highest BCUT2D eigenvalue weighted by molar-refractivity contribution is 5.92. The first-order valence-electron chi connectivity index (χ1n) is 7.86. The van der Waals surface area contributed by atoms with Crippen molar-refractivity contribution in [2.75, 3.05) is 12.3 Å². The van der Waals surface area contributed by atoms with Gasteiger partial charge in [-0.3, -0.25) is 4.79 Å². The van der Waals surface area contributed by atoms with Crippen molar-refractivity contribution in [1.82, 2.24) is 4.90 Å². The lowest BCUT2D eigenvalue weighted by Crippen LogP contribution is -2.42. The van der Waals surface area contributed by atoms with Gasteiger partial charge in [0.05, 0.1) is 5.41 Å². The summed E-state index contributed by atoms with van der Waals surface area (Å²) in [6, 6.07) is 8.47. The van der Waals surface area contributed by atoms with E-state index in [1.54, 1.807) is 0 Å². The Bertz CT molecular complexity index is 524. The van der Waals surface area contributed by atoms with Crippen molar-refractivity contribution < 1.29 is 4.79 Å². The Kier molecular flexibility index (Phi) is 2.60. The van der Waals surface area contributed by atoms with E-state index in [-0.39, 0.29) is 5.41 Å². The molecule has 3 aliphatic rings. The van der Waals surface area contributed by atoms with E-state index in [1.165, 1.54) is 25.7 Å². The van der Waals surface area contributed by atoms with Gasteiger partial charge in [-0.05, 0) is 62.1 Å². The van der Waals surface area contributed by atoms with Crippen LogP contribution in [0.1, 0.15) is 44.1 Å². The zero-order valence-electron chi connectivity index (χ0n) is 11.8. The average Bonchev–Trinajstić information content (AvgIpc) is 3.28. The Morgan fingerprint density at radius 2 is 1.80 bits per heavy atom. The van der Waals surface area contributed by atoms with E-state index in [1.807, 2.05) is 24.3 Å². The van der Waals surface area contributed by atoms with Gasteiger partial charge >= 0.3 is 0 Å². The van der Waals surface area contributed by atoms with Gasteiger partial charge in [0.25, 0.3) is 0 Å². The first-order chi connectivity index (χ1) is 9.69. The Morgan fingerprint density at radius 3 is 2.30 bits per heavy atom. The summed E-state index contributed by atoms with van der Waals surface area (Å²) in [5.41, 5.74) is 7.48. The molecule has 0 atom stereocenters. The number of nitrogen functional groups attached to an aromatic ring is 1. The Hall–Kier alpha value is -1.51. The number of carbonyl (C=O) groups is 1.